The number of amides is 1. The van der Waals surface area contributed by atoms with Crippen molar-refractivity contribution < 1.29 is 13.2 Å². The Morgan fingerprint density at radius 3 is 2.59 bits per heavy atom. The minimum Gasteiger partial charge on any atom is -0.336 e. The van der Waals surface area contributed by atoms with Crippen molar-refractivity contribution in [2.75, 3.05) is 37.7 Å². The number of nitrogens with zero attached hydrogens (tertiary/aromatic N) is 6. The van der Waals surface area contributed by atoms with Crippen molar-refractivity contribution in [3.8, 4) is 5.69 Å². The highest BCUT2D eigenvalue weighted by Crippen LogP contribution is 2.23. The Hall–Kier alpha value is -1.85. The van der Waals surface area contributed by atoms with Crippen LogP contribution in [0.3, 0.4) is 0 Å². The molecule has 9 nitrogen and oxygen atoms in total. The second-order valence-electron chi connectivity index (χ2n) is 6.80. The zero-order valence-electron chi connectivity index (χ0n) is 14.5. The Balaban J connectivity index is 1.48. The number of carbonyl (C=O) groups excluding carboxylic acids is 1. The molecule has 0 bridgehead atoms. The quantitative estimate of drug-likeness (QED) is 0.659. The van der Waals surface area contributed by atoms with Crippen molar-refractivity contribution in [3.63, 3.8) is 0 Å². The third-order valence-electron chi connectivity index (χ3n) is 5.11. The molecule has 3 heterocycles. The summed E-state index contributed by atoms with van der Waals surface area (Å²) in [5.74, 6) is 0.417. The van der Waals surface area contributed by atoms with Gasteiger partial charge in [-0.25, -0.2) is 8.42 Å². The number of rotatable bonds is 3. The molecule has 4 rings (SSSR count). The Morgan fingerprint density at radius 2 is 1.96 bits per heavy atom. The summed E-state index contributed by atoms with van der Waals surface area (Å²) >= 11 is 3.42. The van der Waals surface area contributed by atoms with E-state index in [2.05, 4.69) is 36.4 Å². The van der Waals surface area contributed by atoms with Crippen LogP contribution in [0.2, 0.25) is 0 Å². The molecule has 144 valence electrons. The van der Waals surface area contributed by atoms with Crippen LogP contribution >= 0.6 is 15.9 Å². The van der Waals surface area contributed by atoms with Crippen LogP contribution in [0.25, 0.3) is 5.69 Å². The van der Waals surface area contributed by atoms with Gasteiger partial charge in [0.15, 0.2) is 9.84 Å². The molecule has 0 unspecified atom stereocenters. The second-order valence-corrected chi connectivity index (χ2v) is 9.95. The number of piperazine rings is 1. The van der Waals surface area contributed by atoms with Gasteiger partial charge >= 0.3 is 0 Å². The summed E-state index contributed by atoms with van der Waals surface area (Å²) in [6, 6.07) is 5.49. The molecule has 27 heavy (non-hydrogen) atoms. The van der Waals surface area contributed by atoms with Gasteiger partial charge in [-0.1, -0.05) is 15.9 Å². The van der Waals surface area contributed by atoms with Crippen LogP contribution in [0, 0.1) is 0 Å². The van der Waals surface area contributed by atoms with Crippen LogP contribution in [0.4, 0.5) is 0 Å². The summed E-state index contributed by atoms with van der Waals surface area (Å²) in [5, 5.41) is 11.2. The maximum Gasteiger partial charge on any atom is 0.256 e. The predicted molar refractivity (Wildman–Crippen MR) is 101 cm³/mol. The van der Waals surface area contributed by atoms with Crippen LogP contribution in [0.15, 0.2) is 29.0 Å². The van der Waals surface area contributed by atoms with Crippen molar-refractivity contribution in [2.45, 2.75) is 12.5 Å². The molecule has 0 aliphatic carbocycles. The Morgan fingerprint density at radius 1 is 1.19 bits per heavy atom. The molecule has 0 radical (unpaired) electrons. The van der Waals surface area contributed by atoms with E-state index in [1.807, 2.05) is 6.07 Å². The number of hydrogen-bond donors (Lipinski definition) is 0. The van der Waals surface area contributed by atoms with Crippen LogP contribution < -0.4 is 0 Å². The largest absolute Gasteiger partial charge is 0.336 e. The van der Waals surface area contributed by atoms with Gasteiger partial charge in [0.25, 0.3) is 5.91 Å². The lowest BCUT2D eigenvalue weighted by molar-refractivity contribution is 0.0587. The van der Waals surface area contributed by atoms with Crippen molar-refractivity contribution >= 4 is 31.7 Å². The normalized spacial score (nSPS) is 22.9. The fourth-order valence-electron chi connectivity index (χ4n) is 3.67. The molecule has 2 fully saturated rings. The Kier molecular flexibility index (Phi) is 4.99. The summed E-state index contributed by atoms with van der Waals surface area (Å²) in [7, 11) is -2.90. The average molecular weight is 455 g/mol. The van der Waals surface area contributed by atoms with Gasteiger partial charge in [-0.3, -0.25) is 9.69 Å². The molecule has 1 aromatic heterocycles. The van der Waals surface area contributed by atoms with E-state index >= 15 is 0 Å². The van der Waals surface area contributed by atoms with Gasteiger partial charge in [0.1, 0.15) is 6.33 Å². The first-order valence-electron chi connectivity index (χ1n) is 8.70. The first kappa shape index (κ1) is 18.5. The minimum atomic E-state index is -2.90. The predicted octanol–water partition coefficient (Wildman–Crippen LogP) is 0.370. The first-order chi connectivity index (χ1) is 12.9. The standard InChI is InChI=1S/C16H19BrN6O3S/c17-12-1-2-15(23-11-18-19-20-23)14(9-12)16(24)22-6-4-21(5-7-22)13-3-8-27(25,26)10-13/h1-2,9,11,13H,3-8,10H2/t13-/m1/s1. The van der Waals surface area contributed by atoms with Crippen LogP contribution in [-0.4, -0.2) is 88.1 Å². The smallest absolute Gasteiger partial charge is 0.256 e. The SMILES string of the molecule is O=C(c1cc(Br)ccc1-n1cnnn1)N1CCN([C@@H]2CCS(=O)(=O)C2)CC1. The van der Waals surface area contributed by atoms with Crippen molar-refractivity contribution in [1.29, 1.82) is 0 Å². The highest BCUT2D eigenvalue weighted by atomic mass is 79.9. The van der Waals surface area contributed by atoms with Crippen LogP contribution in [0.5, 0.6) is 0 Å². The Bertz CT molecular complexity index is 941. The van der Waals surface area contributed by atoms with Gasteiger partial charge in [0.2, 0.25) is 0 Å². The van der Waals surface area contributed by atoms with Crippen molar-refractivity contribution in [2.24, 2.45) is 0 Å². The highest BCUT2D eigenvalue weighted by Gasteiger charge is 2.34. The second kappa shape index (κ2) is 7.28. The maximum absolute atomic E-state index is 13.1. The van der Waals surface area contributed by atoms with Gasteiger partial charge in [-0.15, -0.1) is 5.10 Å². The van der Waals surface area contributed by atoms with Gasteiger partial charge in [0, 0.05) is 36.7 Å². The molecular weight excluding hydrogens is 436 g/mol. The summed E-state index contributed by atoms with van der Waals surface area (Å²) in [6.07, 6.45) is 2.14. The maximum atomic E-state index is 13.1. The molecule has 2 aliphatic heterocycles. The Labute approximate surface area is 165 Å². The van der Waals surface area contributed by atoms with E-state index in [0.29, 0.717) is 43.9 Å². The van der Waals surface area contributed by atoms with E-state index in [0.717, 1.165) is 4.47 Å². The molecule has 2 aromatic rings. The fourth-order valence-corrected chi connectivity index (χ4v) is 5.80. The van der Waals surface area contributed by atoms with Gasteiger partial charge in [-0.05, 0) is 35.0 Å². The van der Waals surface area contributed by atoms with Crippen LogP contribution in [0.1, 0.15) is 16.8 Å². The molecule has 0 spiro atoms. The summed E-state index contributed by atoms with van der Waals surface area (Å²) in [5.41, 5.74) is 1.14. The third-order valence-corrected chi connectivity index (χ3v) is 7.35. The van der Waals surface area contributed by atoms with E-state index in [1.54, 1.807) is 17.0 Å². The summed E-state index contributed by atoms with van der Waals surface area (Å²) in [4.78, 5) is 17.1. The fraction of sp³-hybridized carbons (Fsp3) is 0.500. The first-order valence-corrected chi connectivity index (χ1v) is 11.3. The molecular formula is C16H19BrN6O3S. The van der Waals surface area contributed by atoms with E-state index < -0.39 is 9.84 Å². The number of aromatic nitrogens is 4. The monoisotopic (exact) mass is 454 g/mol. The molecule has 11 heteroatoms. The minimum absolute atomic E-state index is 0.0786. The van der Waals surface area contributed by atoms with Crippen LogP contribution in [-0.2, 0) is 9.84 Å². The van der Waals surface area contributed by atoms with Crippen molar-refractivity contribution in [3.05, 3.63) is 34.6 Å². The zero-order valence-corrected chi connectivity index (χ0v) is 16.9. The van der Waals surface area contributed by atoms with E-state index in [1.165, 1.54) is 11.0 Å². The molecule has 0 N–H and O–H groups in total. The molecule has 0 saturated carbocycles. The molecule has 2 aliphatic rings. The molecule has 2 saturated heterocycles. The summed E-state index contributed by atoms with van der Waals surface area (Å²) < 4.78 is 25.7. The zero-order chi connectivity index (χ0) is 19.0. The average Bonchev–Trinajstić information content (AvgIpc) is 3.31. The van der Waals surface area contributed by atoms with Crippen molar-refractivity contribution in [1.82, 2.24) is 30.0 Å². The van der Waals surface area contributed by atoms with Gasteiger partial charge in [0.05, 0.1) is 22.8 Å². The number of hydrogen-bond acceptors (Lipinski definition) is 7. The van der Waals surface area contributed by atoms with Gasteiger partial charge in [-0.2, -0.15) is 4.68 Å². The lowest BCUT2D eigenvalue weighted by Crippen LogP contribution is -2.52. The van der Waals surface area contributed by atoms with E-state index in [9.17, 15) is 13.2 Å². The molecule has 1 atom stereocenters. The molecule has 1 amide bonds. The molecule has 1 aromatic carbocycles. The number of halogens is 1. The number of benzene rings is 1. The highest BCUT2D eigenvalue weighted by molar-refractivity contribution is 9.10. The number of carbonyl (C=O) groups is 1. The van der Waals surface area contributed by atoms with E-state index in [-0.39, 0.29) is 23.5 Å². The number of tetrazole rings is 1. The number of sulfone groups is 1. The lowest BCUT2D eigenvalue weighted by atomic mass is 10.1. The topological polar surface area (TPSA) is 101 Å². The lowest BCUT2D eigenvalue weighted by Gasteiger charge is -2.37. The third kappa shape index (κ3) is 3.90. The van der Waals surface area contributed by atoms with Gasteiger partial charge < -0.3 is 4.90 Å². The summed E-state index contributed by atoms with van der Waals surface area (Å²) in [6.45, 7) is 2.49. The van der Waals surface area contributed by atoms with E-state index in [4.69, 9.17) is 0 Å².